The van der Waals surface area contributed by atoms with Crippen molar-refractivity contribution < 1.29 is 4.92 Å². The highest BCUT2D eigenvalue weighted by molar-refractivity contribution is 5.41. The molecule has 0 aliphatic heterocycles. The standard InChI is InChI=1S/C16H16N2O2/c17-16(10-9-13-3-1-2-4-15(13)16)11-12-5-7-14(8-6-12)18(19)20/h1-8H,9-11,17H2. The Hall–Kier alpha value is -2.20. The predicted octanol–water partition coefficient (Wildman–Crippen LogP) is 2.94. The van der Waals surface area contributed by atoms with Crippen molar-refractivity contribution in [3.05, 3.63) is 75.3 Å². The van der Waals surface area contributed by atoms with E-state index in [4.69, 9.17) is 5.73 Å². The highest BCUT2D eigenvalue weighted by Gasteiger charge is 2.34. The minimum atomic E-state index is -0.382. The van der Waals surface area contributed by atoms with Crippen molar-refractivity contribution in [2.75, 3.05) is 0 Å². The Balaban J connectivity index is 1.86. The summed E-state index contributed by atoms with van der Waals surface area (Å²) in [7, 11) is 0. The molecule has 0 spiro atoms. The van der Waals surface area contributed by atoms with Gasteiger partial charge in [-0.05, 0) is 36.0 Å². The number of hydrogen-bond acceptors (Lipinski definition) is 3. The lowest BCUT2D eigenvalue weighted by molar-refractivity contribution is -0.384. The molecule has 0 amide bonds. The lowest BCUT2D eigenvalue weighted by Gasteiger charge is -2.25. The third-order valence-electron chi connectivity index (χ3n) is 4.06. The Labute approximate surface area is 117 Å². The molecule has 2 aromatic rings. The lowest BCUT2D eigenvalue weighted by Crippen LogP contribution is -2.36. The summed E-state index contributed by atoms with van der Waals surface area (Å²) in [4.78, 5) is 10.3. The summed E-state index contributed by atoms with van der Waals surface area (Å²) in [5.41, 5.74) is 9.89. The second-order valence-corrected chi connectivity index (χ2v) is 5.41. The highest BCUT2D eigenvalue weighted by atomic mass is 16.6. The van der Waals surface area contributed by atoms with Crippen LogP contribution in [-0.2, 0) is 18.4 Å². The molecule has 1 aliphatic carbocycles. The van der Waals surface area contributed by atoms with Gasteiger partial charge in [-0.25, -0.2) is 0 Å². The van der Waals surface area contributed by atoms with E-state index in [1.807, 2.05) is 12.1 Å². The van der Waals surface area contributed by atoms with Crippen LogP contribution in [0.5, 0.6) is 0 Å². The fourth-order valence-electron chi connectivity index (χ4n) is 3.00. The summed E-state index contributed by atoms with van der Waals surface area (Å²) in [5, 5.41) is 10.7. The highest BCUT2D eigenvalue weighted by Crippen LogP contribution is 2.37. The molecule has 0 bridgehead atoms. The first kappa shape index (κ1) is 12.8. The number of nitro groups is 1. The minimum absolute atomic E-state index is 0.117. The van der Waals surface area contributed by atoms with Crippen LogP contribution in [-0.4, -0.2) is 4.92 Å². The molecule has 2 aromatic carbocycles. The van der Waals surface area contributed by atoms with E-state index in [1.165, 1.54) is 11.1 Å². The van der Waals surface area contributed by atoms with Crippen LogP contribution in [0.15, 0.2) is 48.5 Å². The van der Waals surface area contributed by atoms with Crippen molar-refractivity contribution in [2.24, 2.45) is 5.73 Å². The summed E-state index contributed by atoms with van der Waals surface area (Å²) < 4.78 is 0. The zero-order valence-electron chi connectivity index (χ0n) is 11.1. The minimum Gasteiger partial charge on any atom is -0.321 e. The second kappa shape index (κ2) is 4.72. The number of nitrogens with zero attached hydrogens (tertiary/aromatic N) is 1. The van der Waals surface area contributed by atoms with E-state index in [0.29, 0.717) is 6.42 Å². The third-order valence-corrected chi connectivity index (χ3v) is 4.06. The van der Waals surface area contributed by atoms with E-state index in [1.54, 1.807) is 24.3 Å². The van der Waals surface area contributed by atoms with Gasteiger partial charge in [-0.2, -0.15) is 0 Å². The summed E-state index contributed by atoms with van der Waals surface area (Å²) in [5.74, 6) is 0. The molecular weight excluding hydrogens is 252 g/mol. The molecule has 2 N–H and O–H groups in total. The van der Waals surface area contributed by atoms with Gasteiger partial charge in [0, 0.05) is 17.7 Å². The van der Waals surface area contributed by atoms with Crippen molar-refractivity contribution in [2.45, 2.75) is 24.8 Å². The van der Waals surface area contributed by atoms with Crippen LogP contribution < -0.4 is 5.73 Å². The number of non-ortho nitro benzene ring substituents is 1. The lowest BCUT2D eigenvalue weighted by atomic mass is 9.86. The van der Waals surface area contributed by atoms with Gasteiger partial charge in [-0.1, -0.05) is 36.4 Å². The Kier molecular flexibility index (Phi) is 3.03. The van der Waals surface area contributed by atoms with Crippen LogP contribution >= 0.6 is 0 Å². The zero-order chi connectivity index (χ0) is 14.2. The third kappa shape index (κ3) is 2.18. The molecular formula is C16H16N2O2. The Bertz CT molecular complexity index is 652. The molecule has 20 heavy (non-hydrogen) atoms. The van der Waals surface area contributed by atoms with Gasteiger partial charge in [0.25, 0.3) is 5.69 Å². The van der Waals surface area contributed by atoms with Crippen molar-refractivity contribution in [3.63, 3.8) is 0 Å². The first-order chi connectivity index (χ1) is 9.58. The fourth-order valence-corrected chi connectivity index (χ4v) is 3.00. The molecule has 102 valence electrons. The van der Waals surface area contributed by atoms with E-state index >= 15 is 0 Å². The Morgan fingerprint density at radius 1 is 1.15 bits per heavy atom. The zero-order valence-corrected chi connectivity index (χ0v) is 11.1. The van der Waals surface area contributed by atoms with Gasteiger partial charge in [0.1, 0.15) is 0 Å². The number of benzene rings is 2. The number of nitro benzene ring substituents is 1. The first-order valence-corrected chi connectivity index (χ1v) is 6.69. The van der Waals surface area contributed by atoms with Gasteiger partial charge in [0.15, 0.2) is 0 Å². The smallest absolute Gasteiger partial charge is 0.269 e. The maximum Gasteiger partial charge on any atom is 0.269 e. The molecule has 0 heterocycles. The first-order valence-electron chi connectivity index (χ1n) is 6.69. The predicted molar refractivity (Wildman–Crippen MR) is 77.4 cm³/mol. The monoisotopic (exact) mass is 268 g/mol. The summed E-state index contributed by atoms with van der Waals surface area (Å²) in [6, 6.07) is 15.0. The number of fused-ring (bicyclic) bond motifs is 1. The summed E-state index contributed by atoms with van der Waals surface area (Å²) >= 11 is 0. The van der Waals surface area contributed by atoms with E-state index < -0.39 is 0 Å². The van der Waals surface area contributed by atoms with Gasteiger partial charge in [0.05, 0.1) is 4.92 Å². The molecule has 1 aliphatic rings. The van der Waals surface area contributed by atoms with E-state index in [9.17, 15) is 10.1 Å². The fraction of sp³-hybridized carbons (Fsp3) is 0.250. The topological polar surface area (TPSA) is 69.2 Å². The quantitative estimate of drug-likeness (QED) is 0.687. The van der Waals surface area contributed by atoms with Crippen molar-refractivity contribution >= 4 is 5.69 Å². The van der Waals surface area contributed by atoms with Crippen LogP contribution in [0.3, 0.4) is 0 Å². The molecule has 0 radical (unpaired) electrons. The molecule has 1 unspecified atom stereocenters. The average Bonchev–Trinajstić information content (AvgIpc) is 2.78. The number of aryl methyl sites for hydroxylation is 1. The van der Waals surface area contributed by atoms with Crippen molar-refractivity contribution in [1.29, 1.82) is 0 Å². The van der Waals surface area contributed by atoms with Crippen molar-refractivity contribution in [3.8, 4) is 0 Å². The van der Waals surface area contributed by atoms with Crippen LogP contribution in [0, 0.1) is 10.1 Å². The van der Waals surface area contributed by atoms with Gasteiger partial charge < -0.3 is 5.73 Å². The molecule has 1 atom stereocenters. The molecule has 0 aromatic heterocycles. The molecule has 0 saturated carbocycles. The average molecular weight is 268 g/mol. The van der Waals surface area contributed by atoms with Gasteiger partial charge in [-0.3, -0.25) is 10.1 Å². The van der Waals surface area contributed by atoms with E-state index in [0.717, 1.165) is 18.4 Å². The Morgan fingerprint density at radius 2 is 1.85 bits per heavy atom. The Morgan fingerprint density at radius 3 is 2.55 bits per heavy atom. The molecule has 0 fully saturated rings. The van der Waals surface area contributed by atoms with Crippen LogP contribution in [0.1, 0.15) is 23.1 Å². The summed E-state index contributed by atoms with van der Waals surface area (Å²) in [6.07, 6.45) is 2.63. The largest absolute Gasteiger partial charge is 0.321 e. The van der Waals surface area contributed by atoms with Gasteiger partial charge >= 0.3 is 0 Å². The maximum absolute atomic E-state index is 10.7. The van der Waals surface area contributed by atoms with Gasteiger partial charge in [0.2, 0.25) is 0 Å². The van der Waals surface area contributed by atoms with E-state index in [2.05, 4.69) is 12.1 Å². The normalized spacial score (nSPS) is 20.6. The van der Waals surface area contributed by atoms with Crippen LogP contribution in [0.2, 0.25) is 0 Å². The SMILES string of the molecule is NC1(Cc2ccc([N+](=O)[O-])cc2)CCc2ccccc21. The second-order valence-electron chi connectivity index (χ2n) is 5.41. The molecule has 0 saturated heterocycles. The molecule has 3 rings (SSSR count). The number of hydrogen-bond donors (Lipinski definition) is 1. The number of rotatable bonds is 3. The van der Waals surface area contributed by atoms with Crippen LogP contribution in [0.25, 0.3) is 0 Å². The van der Waals surface area contributed by atoms with Crippen LogP contribution in [0.4, 0.5) is 5.69 Å². The number of nitrogens with two attached hydrogens (primary N) is 1. The van der Waals surface area contributed by atoms with Gasteiger partial charge in [-0.15, -0.1) is 0 Å². The van der Waals surface area contributed by atoms with Crippen molar-refractivity contribution in [1.82, 2.24) is 0 Å². The molecule has 4 nitrogen and oxygen atoms in total. The van der Waals surface area contributed by atoms with E-state index in [-0.39, 0.29) is 16.1 Å². The molecule has 4 heteroatoms. The summed E-state index contributed by atoms with van der Waals surface area (Å²) in [6.45, 7) is 0. The maximum atomic E-state index is 10.7.